The minimum atomic E-state index is -0.165. The van der Waals surface area contributed by atoms with Gasteiger partial charge in [-0.25, -0.2) is 4.68 Å². The van der Waals surface area contributed by atoms with E-state index in [1.165, 1.54) is 0 Å². The van der Waals surface area contributed by atoms with Crippen LogP contribution in [-0.2, 0) is 0 Å². The van der Waals surface area contributed by atoms with Crippen molar-refractivity contribution >= 4 is 29.5 Å². The molecule has 1 unspecified atom stereocenters. The number of aromatic nitrogens is 3. The zero-order chi connectivity index (χ0) is 20.1. The largest absolute Gasteiger partial charge is 0.345 e. The molecule has 0 saturated carbocycles. The Labute approximate surface area is 173 Å². The van der Waals surface area contributed by atoms with Gasteiger partial charge >= 0.3 is 0 Å². The third-order valence-electron chi connectivity index (χ3n) is 4.48. The standard InChI is InChI=1S/C20H22ClN5OS/c1-3-4-19(14-9-17(28-22)11-23-10-14)25-20(27)18-12-24-26(13(18)2)16-7-5-15(21)6-8-16/h5-12,19H,3-4,22H2,1-2H3,(H,25,27). The number of carbonyl (C=O) groups excluding carboxylic acids is 1. The van der Waals surface area contributed by atoms with Crippen molar-refractivity contribution in [1.82, 2.24) is 20.1 Å². The normalized spacial score (nSPS) is 12.0. The van der Waals surface area contributed by atoms with Crippen LogP contribution < -0.4 is 10.5 Å². The number of rotatable bonds is 7. The van der Waals surface area contributed by atoms with Crippen molar-refractivity contribution in [2.45, 2.75) is 37.6 Å². The first-order chi connectivity index (χ1) is 13.5. The molecule has 3 N–H and O–H groups in total. The molecule has 0 saturated heterocycles. The van der Waals surface area contributed by atoms with E-state index in [0.29, 0.717) is 10.6 Å². The maximum absolute atomic E-state index is 12.9. The highest BCUT2D eigenvalue weighted by Gasteiger charge is 2.20. The summed E-state index contributed by atoms with van der Waals surface area (Å²) in [4.78, 5) is 18.0. The van der Waals surface area contributed by atoms with E-state index in [1.54, 1.807) is 35.4 Å². The van der Waals surface area contributed by atoms with Gasteiger partial charge in [-0.05, 0) is 61.2 Å². The molecule has 0 bridgehead atoms. The van der Waals surface area contributed by atoms with E-state index >= 15 is 0 Å². The minimum absolute atomic E-state index is 0.143. The Balaban J connectivity index is 1.83. The summed E-state index contributed by atoms with van der Waals surface area (Å²) in [6.45, 7) is 3.95. The first-order valence-corrected chi connectivity index (χ1v) is 10.2. The monoisotopic (exact) mass is 415 g/mol. The van der Waals surface area contributed by atoms with Crippen LogP contribution in [0.1, 0.15) is 47.4 Å². The number of nitrogens with one attached hydrogen (secondary N) is 1. The Hall–Kier alpha value is -2.35. The molecule has 3 aromatic rings. The van der Waals surface area contributed by atoms with Crippen LogP contribution in [0.25, 0.3) is 5.69 Å². The summed E-state index contributed by atoms with van der Waals surface area (Å²) in [5, 5.41) is 13.8. The van der Waals surface area contributed by atoms with Crippen molar-refractivity contribution < 1.29 is 4.79 Å². The van der Waals surface area contributed by atoms with Gasteiger partial charge in [-0.2, -0.15) is 5.10 Å². The van der Waals surface area contributed by atoms with Gasteiger partial charge in [0.1, 0.15) is 0 Å². The highest BCUT2D eigenvalue weighted by Crippen LogP contribution is 2.23. The number of amides is 1. The Morgan fingerprint density at radius 3 is 2.71 bits per heavy atom. The lowest BCUT2D eigenvalue weighted by Crippen LogP contribution is -2.29. The number of benzene rings is 1. The number of hydrogen-bond acceptors (Lipinski definition) is 5. The third kappa shape index (κ3) is 4.55. The van der Waals surface area contributed by atoms with Gasteiger partial charge < -0.3 is 5.32 Å². The van der Waals surface area contributed by atoms with Gasteiger partial charge in [0.15, 0.2) is 0 Å². The summed E-state index contributed by atoms with van der Waals surface area (Å²) >= 11 is 7.09. The zero-order valence-corrected chi connectivity index (χ0v) is 17.3. The van der Waals surface area contributed by atoms with Gasteiger partial charge in [-0.15, -0.1) is 0 Å². The molecule has 0 radical (unpaired) electrons. The molecular formula is C20H22ClN5OS. The summed E-state index contributed by atoms with van der Waals surface area (Å²) in [5.74, 6) is -0.165. The lowest BCUT2D eigenvalue weighted by Gasteiger charge is -2.18. The molecule has 6 nitrogen and oxygen atoms in total. The summed E-state index contributed by atoms with van der Waals surface area (Å²) in [6.07, 6.45) is 6.79. The van der Waals surface area contributed by atoms with E-state index in [1.807, 2.05) is 25.1 Å². The fourth-order valence-electron chi connectivity index (χ4n) is 3.01. The Morgan fingerprint density at radius 2 is 2.04 bits per heavy atom. The maximum atomic E-state index is 12.9. The molecule has 2 heterocycles. The highest BCUT2D eigenvalue weighted by molar-refractivity contribution is 7.97. The first-order valence-electron chi connectivity index (χ1n) is 8.96. The number of pyridine rings is 1. The maximum Gasteiger partial charge on any atom is 0.255 e. The molecule has 3 rings (SSSR count). The fourth-order valence-corrected chi connectivity index (χ4v) is 3.46. The summed E-state index contributed by atoms with van der Waals surface area (Å²) in [7, 11) is 0. The van der Waals surface area contributed by atoms with Crippen molar-refractivity contribution in [1.29, 1.82) is 0 Å². The molecule has 146 valence electrons. The number of nitrogens with two attached hydrogens (primary N) is 1. The van der Waals surface area contributed by atoms with Gasteiger partial charge in [0.25, 0.3) is 5.91 Å². The van der Waals surface area contributed by atoms with Gasteiger partial charge in [-0.1, -0.05) is 24.9 Å². The Morgan fingerprint density at radius 1 is 1.29 bits per heavy atom. The van der Waals surface area contributed by atoms with Crippen molar-refractivity contribution in [2.75, 3.05) is 0 Å². The predicted octanol–water partition coefficient (Wildman–Crippen LogP) is 4.47. The molecule has 1 aromatic carbocycles. The molecule has 0 aliphatic carbocycles. The highest BCUT2D eigenvalue weighted by atomic mass is 35.5. The van der Waals surface area contributed by atoms with Crippen LogP contribution >= 0.6 is 23.5 Å². The fraction of sp³-hybridized carbons (Fsp3) is 0.250. The summed E-state index contributed by atoms with van der Waals surface area (Å²) in [6, 6.07) is 9.14. The average Bonchev–Trinajstić information content (AvgIpc) is 3.09. The molecule has 8 heteroatoms. The van der Waals surface area contributed by atoms with Crippen molar-refractivity contribution in [3.05, 3.63) is 70.8 Å². The molecule has 1 atom stereocenters. The predicted molar refractivity (Wildman–Crippen MR) is 113 cm³/mol. The second kappa shape index (κ2) is 9.23. The van der Waals surface area contributed by atoms with E-state index < -0.39 is 0 Å². The van der Waals surface area contributed by atoms with Crippen molar-refractivity contribution in [3.63, 3.8) is 0 Å². The lowest BCUT2D eigenvalue weighted by atomic mass is 10.0. The molecule has 0 fully saturated rings. The Kier molecular flexibility index (Phi) is 6.72. The number of hydrogen-bond donors (Lipinski definition) is 2. The molecule has 0 spiro atoms. The molecule has 2 aromatic heterocycles. The average molecular weight is 416 g/mol. The molecular weight excluding hydrogens is 394 g/mol. The molecule has 28 heavy (non-hydrogen) atoms. The van der Waals surface area contributed by atoms with Gasteiger partial charge in [-0.3, -0.25) is 14.9 Å². The second-order valence-electron chi connectivity index (χ2n) is 6.42. The molecule has 0 aliphatic rings. The van der Waals surface area contributed by atoms with Crippen LogP contribution in [0.2, 0.25) is 5.02 Å². The van der Waals surface area contributed by atoms with E-state index in [-0.39, 0.29) is 11.9 Å². The van der Waals surface area contributed by atoms with Crippen LogP contribution in [0, 0.1) is 6.92 Å². The number of halogens is 1. The SMILES string of the molecule is CCCC(NC(=O)c1cnn(-c2ccc(Cl)cc2)c1C)c1cncc(SN)c1. The minimum Gasteiger partial charge on any atom is -0.345 e. The quantitative estimate of drug-likeness (QED) is 0.556. The van der Waals surface area contributed by atoms with Gasteiger partial charge in [0.2, 0.25) is 0 Å². The zero-order valence-electron chi connectivity index (χ0n) is 15.7. The smallest absolute Gasteiger partial charge is 0.255 e. The van der Waals surface area contributed by atoms with Crippen LogP contribution in [-0.4, -0.2) is 20.7 Å². The van der Waals surface area contributed by atoms with Gasteiger partial charge in [0.05, 0.1) is 29.2 Å². The Bertz CT molecular complexity index is 957. The third-order valence-corrected chi connectivity index (χ3v) is 5.23. The molecule has 1 amide bonds. The van der Waals surface area contributed by atoms with Crippen LogP contribution in [0.5, 0.6) is 0 Å². The number of carbonyl (C=O) groups is 1. The van der Waals surface area contributed by atoms with Crippen LogP contribution in [0.15, 0.2) is 53.8 Å². The number of nitrogens with zero attached hydrogens (tertiary/aromatic N) is 3. The molecule has 0 aliphatic heterocycles. The van der Waals surface area contributed by atoms with E-state index in [4.69, 9.17) is 16.7 Å². The summed E-state index contributed by atoms with van der Waals surface area (Å²) in [5.41, 5.74) is 3.09. The van der Waals surface area contributed by atoms with Crippen molar-refractivity contribution in [2.24, 2.45) is 5.14 Å². The lowest BCUT2D eigenvalue weighted by molar-refractivity contribution is 0.0933. The van der Waals surface area contributed by atoms with E-state index in [0.717, 1.165) is 46.6 Å². The topological polar surface area (TPSA) is 85.8 Å². The second-order valence-corrected chi connectivity index (χ2v) is 7.56. The van der Waals surface area contributed by atoms with E-state index in [2.05, 4.69) is 22.3 Å². The van der Waals surface area contributed by atoms with E-state index in [9.17, 15) is 4.79 Å². The summed E-state index contributed by atoms with van der Waals surface area (Å²) < 4.78 is 1.73. The first kappa shape index (κ1) is 20.4. The van der Waals surface area contributed by atoms with Crippen LogP contribution in [0.3, 0.4) is 0 Å². The van der Waals surface area contributed by atoms with Crippen molar-refractivity contribution in [3.8, 4) is 5.69 Å². The van der Waals surface area contributed by atoms with Gasteiger partial charge in [0, 0.05) is 22.3 Å². The van der Waals surface area contributed by atoms with Crippen LogP contribution in [0.4, 0.5) is 0 Å².